The fourth-order valence-electron chi connectivity index (χ4n) is 2.35. The molecule has 0 amide bonds. The second kappa shape index (κ2) is 5.10. The molecule has 0 saturated heterocycles. The van der Waals surface area contributed by atoms with Crippen LogP contribution in [0.4, 0.5) is 4.39 Å². The molecule has 4 heteroatoms. The van der Waals surface area contributed by atoms with Crippen molar-refractivity contribution < 1.29 is 9.18 Å². The zero-order chi connectivity index (χ0) is 14.1. The number of fused-ring (bicyclic) bond motifs is 1. The number of hydrogen-bond acceptors (Lipinski definition) is 1. The molecule has 0 aliphatic carbocycles. The highest BCUT2D eigenvalue weighted by Gasteiger charge is 2.07. The van der Waals surface area contributed by atoms with Crippen molar-refractivity contribution in [1.82, 2.24) is 4.57 Å². The van der Waals surface area contributed by atoms with E-state index in [9.17, 15) is 9.18 Å². The molecule has 0 spiro atoms. The predicted octanol–water partition coefficient (Wildman–Crippen LogP) is 4.29. The first-order valence-corrected chi connectivity index (χ1v) is 6.54. The summed E-state index contributed by atoms with van der Waals surface area (Å²) in [5, 5.41) is 1.11. The first kappa shape index (κ1) is 12.9. The fraction of sp³-hybridized carbons (Fsp3) is 0.0625. The molecule has 2 nitrogen and oxygen atoms in total. The summed E-state index contributed by atoms with van der Waals surface area (Å²) < 4.78 is 15.1. The second-order valence-electron chi connectivity index (χ2n) is 4.60. The van der Waals surface area contributed by atoms with Gasteiger partial charge in [0.15, 0.2) is 6.29 Å². The summed E-state index contributed by atoms with van der Waals surface area (Å²) in [6.07, 6.45) is 2.76. The van der Waals surface area contributed by atoms with Gasteiger partial charge in [-0.3, -0.25) is 4.79 Å². The van der Waals surface area contributed by atoms with Gasteiger partial charge in [-0.1, -0.05) is 29.8 Å². The number of aldehydes is 1. The minimum atomic E-state index is -0.429. The van der Waals surface area contributed by atoms with Gasteiger partial charge in [-0.25, -0.2) is 4.39 Å². The highest BCUT2D eigenvalue weighted by molar-refractivity contribution is 6.30. The minimum Gasteiger partial charge on any atom is -0.342 e. The Morgan fingerprint density at radius 1 is 1.20 bits per heavy atom. The normalized spacial score (nSPS) is 10.9. The van der Waals surface area contributed by atoms with Crippen molar-refractivity contribution in [2.45, 2.75) is 6.54 Å². The van der Waals surface area contributed by atoms with Gasteiger partial charge < -0.3 is 4.57 Å². The third-order valence-electron chi connectivity index (χ3n) is 3.28. The molecule has 3 rings (SSSR count). The monoisotopic (exact) mass is 287 g/mol. The lowest BCUT2D eigenvalue weighted by atomic mass is 10.1. The van der Waals surface area contributed by atoms with Crippen LogP contribution in [0.25, 0.3) is 10.9 Å². The Balaban J connectivity index is 2.06. The van der Waals surface area contributed by atoms with Gasteiger partial charge in [0.05, 0.1) is 10.5 Å². The molecule has 0 fully saturated rings. The lowest BCUT2D eigenvalue weighted by Gasteiger charge is -2.08. The summed E-state index contributed by atoms with van der Waals surface area (Å²) in [5.74, 6) is -0.429. The number of halogens is 2. The van der Waals surface area contributed by atoms with Gasteiger partial charge in [0.2, 0.25) is 0 Å². The Bertz CT molecular complexity index is 794. The maximum atomic E-state index is 13.2. The Labute approximate surface area is 120 Å². The van der Waals surface area contributed by atoms with Crippen LogP contribution in [0.2, 0.25) is 5.02 Å². The van der Waals surface area contributed by atoms with E-state index in [0.29, 0.717) is 12.1 Å². The zero-order valence-electron chi connectivity index (χ0n) is 10.5. The van der Waals surface area contributed by atoms with E-state index in [1.54, 1.807) is 18.2 Å². The van der Waals surface area contributed by atoms with Crippen LogP contribution in [0.15, 0.2) is 48.7 Å². The molecule has 0 saturated carbocycles. The highest BCUT2D eigenvalue weighted by atomic mass is 35.5. The number of rotatable bonds is 3. The second-order valence-corrected chi connectivity index (χ2v) is 5.00. The molecule has 0 aliphatic rings. The van der Waals surface area contributed by atoms with Gasteiger partial charge in [-0.05, 0) is 29.8 Å². The van der Waals surface area contributed by atoms with Gasteiger partial charge in [-0.15, -0.1) is 0 Å². The Kier molecular flexibility index (Phi) is 3.28. The van der Waals surface area contributed by atoms with Crippen LogP contribution in [-0.4, -0.2) is 10.9 Å². The van der Waals surface area contributed by atoms with Crippen molar-refractivity contribution in [3.63, 3.8) is 0 Å². The summed E-state index contributed by atoms with van der Waals surface area (Å²) >= 11 is 5.79. The summed E-state index contributed by atoms with van der Waals surface area (Å²) in [6.45, 7) is 0.536. The quantitative estimate of drug-likeness (QED) is 0.659. The molecule has 0 aliphatic heterocycles. The lowest BCUT2D eigenvalue weighted by molar-refractivity contribution is 0.112. The number of para-hydroxylation sites is 1. The number of hydrogen-bond donors (Lipinski definition) is 0. The first-order chi connectivity index (χ1) is 9.69. The molecule has 3 aromatic rings. The number of carbonyl (C=O) groups excluding carboxylic acids is 1. The van der Waals surface area contributed by atoms with Crippen LogP contribution in [0, 0.1) is 5.82 Å². The van der Waals surface area contributed by atoms with E-state index in [2.05, 4.69) is 0 Å². The average molecular weight is 288 g/mol. The van der Waals surface area contributed by atoms with E-state index in [1.807, 2.05) is 29.0 Å². The number of benzene rings is 2. The van der Waals surface area contributed by atoms with Crippen LogP contribution in [0.5, 0.6) is 0 Å². The lowest BCUT2D eigenvalue weighted by Crippen LogP contribution is -2.00. The Morgan fingerprint density at radius 2 is 2.05 bits per heavy atom. The number of aromatic nitrogens is 1. The van der Waals surface area contributed by atoms with Crippen LogP contribution in [0.3, 0.4) is 0 Å². The van der Waals surface area contributed by atoms with Gasteiger partial charge in [-0.2, -0.15) is 0 Å². The molecular weight excluding hydrogens is 277 g/mol. The molecule has 1 heterocycles. The van der Waals surface area contributed by atoms with E-state index >= 15 is 0 Å². The van der Waals surface area contributed by atoms with Crippen molar-refractivity contribution in [3.8, 4) is 0 Å². The van der Waals surface area contributed by atoms with E-state index in [1.165, 1.54) is 6.07 Å². The van der Waals surface area contributed by atoms with Crippen molar-refractivity contribution in [3.05, 3.63) is 70.6 Å². The molecule has 0 atom stereocenters. The van der Waals surface area contributed by atoms with E-state index in [-0.39, 0.29) is 5.02 Å². The van der Waals surface area contributed by atoms with E-state index in [4.69, 9.17) is 11.6 Å². The SMILES string of the molecule is O=Cc1cccc2ccn(Cc3ccc(F)c(Cl)c3)c12. The fourth-order valence-corrected chi connectivity index (χ4v) is 2.56. The third kappa shape index (κ3) is 2.21. The molecule has 0 unspecified atom stereocenters. The number of nitrogens with zero attached hydrogens (tertiary/aromatic N) is 1. The van der Waals surface area contributed by atoms with Gasteiger partial charge in [0.25, 0.3) is 0 Å². The highest BCUT2D eigenvalue weighted by Crippen LogP contribution is 2.22. The first-order valence-electron chi connectivity index (χ1n) is 6.16. The van der Waals surface area contributed by atoms with Crippen molar-refractivity contribution in [2.24, 2.45) is 0 Å². The molecule has 0 radical (unpaired) electrons. The third-order valence-corrected chi connectivity index (χ3v) is 3.57. The largest absolute Gasteiger partial charge is 0.342 e. The van der Waals surface area contributed by atoms with Crippen molar-refractivity contribution in [1.29, 1.82) is 0 Å². The standard InChI is InChI=1S/C16H11ClFNO/c17-14-8-11(4-5-15(14)18)9-19-7-6-12-2-1-3-13(10-20)16(12)19/h1-8,10H,9H2. The van der Waals surface area contributed by atoms with E-state index in [0.717, 1.165) is 22.8 Å². The van der Waals surface area contributed by atoms with Crippen LogP contribution >= 0.6 is 11.6 Å². The zero-order valence-corrected chi connectivity index (χ0v) is 11.3. The van der Waals surface area contributed by atoms with Gasteiger partial charge in [0.1, 0.15) is 5.82 Å². The predicted molar refractivity (Wildman–Crippen MR) is 77.8 cm³/mol. The summed E-state index contributed by atoms with van der Waals surface area (Å²) in [4.78, 5) is 11.1. The molecular formula is C16H11ClFNO. The smallest absolute Gasteiger partial charge is 0.152 e. The Morgan fingerprint density at radius 3 is 2.80 bits per heavy atom. The molecule has 0 bridgehead atoms. The summed E-state index contributed by atoms with van der Waals surface area (Å²) in [6, 6.07) is 12.2. The minimum absolute atomic E-state index is 0.106. The average Bonchev–Trinajstić information content (AvgIpc) is 2.86. The van der Waals surface area contributed by atoms with Crippen molar-refractivity contribution >= 4 is 28.8 Å². The Hall–Kier alpha value is -2.13. The van der Waals surface area contributed by atoms with Crippen molar-refractivity contribution in [2.75, 3.05) is 0 Å². The molecule has 20 heavy (non-hydrogen) atoms. The van der Waals surface area contributed by atoms with Crippen LogP contribution in [0.1, 0.15) is 15.9 Å². The van der Waals surface area contributed by atoms with Gasteiger partial charge in [0, 0.05) is 23.7 Å². The molecule has 100 valence electrons. The maximum absolute atomic E-state index is 13.2. The van der Waals surface area contributed by atoms with Gasteiger partial charge >= 0.3 is 0 Å². The van der Waals surface area contributed by atoms with E-state index < -0.39 is 5.82 Å². The molecule has 1 aromatic heterocycles. The topological polar surface area (TPSA) is 22.0 Å². The van der Waals surface area contributed by atoms with Crippen LogP contribution in [-0.2, 0) is 6.54 Å². The number of carbonyl (C=O) groups is 1. The summed E-state index contributed by atoms with van der Waals surface area (Å²) in [5.41, 5.74) is 2.40. The van der Waals surface area contributed by atoms with Crippen LogP contribution < -0.4 is 0 Å². The molecule has 2 aromatic carbocycles. The summed E-state index contributed by atoms with van der Waals surface area (Å²) in [7, 11) is 0. The maximum Gasteiger partial charge on any atom is 0.152 e. The molecule has 0 N–H and O–H groups in total.